The van der Waals surface area contributed by atoms with Crippen LogP contribution in [0, 0.1) is 0 Å². The van der Waals surface area contributed by atoms with Crippen LogP contribution in [0.15, 0.2) is 0 Å². The van der Waals surface area contributed by atoms with Crippen molar-refractivity contribution in [2.45, 2.75) is 32.0 Å². The second-order valence-electron chi connectivity index (χ2n) is 4.69. The summed E-state index contributed by atoms with van der Waals surface area (Å²) < 4.78 is 36.5. The number of halogens is 3. The van der Waals surface area contributed by atoms with Crippen LogP contribution < -0.4 is 5.73 Å². The van der Waals surface area contributed by atoms with Crippen molar-refractivity contribution in [1.29, 1.82) is 0 Å². The molecule has 0 aromatic heterocycles. The Bertz CT molecular complexity index is 212. The minimum absolute atomic E-state index is 0.211. The Morgan fingerprint density at radius 2 is 1.65 bits per heavy atom. The number of nitrogens with two attached hydrogens (primary N) is 1. The van der Waals surface area contributed by atoms with Gasteiger partial charge in [-0.2, -0.15) is 13.2 Å². The summed E-state index contributed by atoms with van der Waals surface area (Å²) in [4.78, 5) is 3.67. The summed E-state index contributed by atoms with van der Waals surface area (Å²) in [5, 5.41) is 0. The number of hydrogen-bond acceptors (Lipinski definition) is 3. The highest BCUT2D eigenvalue weighted by molar-refractivity contribution is 4.75. The number of hydrogen-bond donors (Lipinski definition) is 1. The van der Waals surface area contributed by atoms with Crippen molar-refractivity contribution in [3.8, 4) is 0 Å². The molecule has 1 atom stereocenters. The summed E-state index contributed by atoms with van der Waals surface area (Å²) in [7, 11) is 0. The largest absolute Gasteiger partial charge is 0.401 e. The smallest absolute Gasteiger partial charge is 0.328 e. The fourth-order valence-corrected chi connectivity index (χ4v) is 1.98. The van der Waals surface area contributed by atoms with Gasteiger partial charge in [0.1, 0.15) is 0 Å². The van der Waals surface area contributed by atoms with E-state index in [-0.39, 0.29) is 6.04 Å². The maximum Gasteiger partial charge on any atom is 0.401 e. The molecular formula is C11H22F3N3. The summed E-state index contributed by atoms with van der Waals surface area (Å²) in [6, 6.07) is 0.211. The maximum absolute atomic E-state index is 12.2. The van der Waals surface area contributed by atoms with Crippen LogP contribution in [0.1, 0.15) is 19.8 Å². The van der Waals surface area contributed by atoms with Crippen LogP contribution in [-0.2, 0) is 0 Å². The molecule has 0 aromatic carbocycles. The highest BCUT2D eigenvalue weighted by atomic mass is 19.4. The average molecular weight is 253 g/mol. The normalized spacial score (nSPS) is 21.7. The van der Waals surface area contributed by atoms with Gasteiger partial charge >= 0.3 is 6.18 Å². The lowest BCUT2D eigenvalue weighted by Crippen LogP contribution is -2.49. The fraction of sp³-hybridized carbons (Fsp3) is 1.00. The van der Waals surface area contributed by atoms with Crippen molar-refractivity contribution in [2.24, 2.45) is 5.73 Å². The lowest BCUT2D eigenvalue weighted by molar-refractivity contribution is -0.149. The monoisotopic (exact) mass is 253 g/mol. The van der Waals surface area contributed by atoms with Gasteiger partial charge in [0.2, 0.25) is 0 Å². The molecule has 0 saturated carbocycles. The molecular weight excluding hydrogens is 231 g/mol. The van der Waals surface area contributed by atoms with Gasteiger partial charge in [0.25, 0.3) is 0 Å². The molecule has 0 radical (unpaired) electrons. The van der Waals surface area contributed by atoms with E-state index in [1.807, 2.05) is 6.92 Å². The lowest BCUT2D eigenvalue weighted by atomic mass is 10.1. The Morgan fingerprint density at radius 3 is 2.12 bits per heavy atom. The second kappa shape index (κ2) is 6.56. The number of piperazine rings is 1. The molecule has 1 unspecified atom stereocenters. The Kier molecular flexibility index (Phi) is 5.69. The van der Waals surface area contributed by atoms with E-state index >= 15 is 0 Å². The van der Waals surface area contributed by atoms with Crippen LogP contribution in [0.2, 0.25) is 0 Å². The second-order valence-corrected chi connectivity index (χ2v) is 4.69. The predicted octanol–water partition coefficient (Wildman–Crippen LogP) is 1.29. The van der Waals surface area contributed by atoms with Crippen molar-refractivity contribution in [3.63, 3.8) is 0 Å². The summed E-state index contributed by atoms with van der Waals surface area (Å²) >= 11 is 0. The van der Waals surface area contributed by atoms with Crippen molar-refractivity contribution in [3.05, 3.63) is 0 Å². The van der Waals surface area contributed by atoms with Crippen LogP contribution in [0.4, 0.5) is 13.2 Å². The molecule has 2 N–H and O–H groups in total. The first kappa shape index (κ1) is 14.7. The third-order valence-electron chi connectivity index (χ3n) is 3.21. The third kappa shape index (κ3) is 6.24. The molecule has 1 aliphatic heterocycles. The van der Waals surface area contributed by atoms with Gasteiger partial charge in [0, 0.05) is 32.2 Å². The van der Waals surface area contributed by atoms with Gasteiger partial charge in [0.05, 0.1) is 6.54 Å². The van der Waals surface area contributed by atoms with E-state index in [0.717, 1.165) is 19.4 Å². The molecule has 102 valence electrons. The van der Waals surface area contributed by atoms with Crippen LogP contribution in [0.25, 0.3) is 0 Å². The van der Waals surface area contributed by atoms with Gasteiger partial charge in [-0.05, 0) is 19.4 Å². The third-order valence-corrected chi connectivity index (χ3v) is 3.21. The molecule has 0 amide bonds. The fourth-order valence-electron chi connectivity index (χ4n) is 1.98. The molecule has 1 fully saturated rings. The molecule has 0 spiro atoms. The maximum atomic E-state index is 12.2. The Morgan fingerprint density at radius 1 is 1.12 bits per heavy atom. The summed E-state index contributed by atoms with van der Waals surface area (Å²) in [6.07, 6.45) is -2.20. The first-order valence-corrected chi connectivity index (χ1v) is 6.17. The van der Waals surface area contributed by atoms with Crippen molar-refractivity contribution in [1.82, 2.24) is 9.80 Å². The Hall–Kier alpha value is -0.330. The van der Waals surface area contributed by atoms with Crippen LogP contribution in [0.5, 0.6) is 0 Å². The lowest BCUT2D eigenvalue weighted by Gasteiger charge is -2.35. The van der Waals surface area contributed by atoms with E-state index in [2.05, 4.69) is 4.90 Å². The van der Waals surface area contributed by atoms with E-state index in [1.165, 1.54) is 4.90 Å². The highest BCUT2D eigenvalue weighted by Crippen LogP contribution is 2.17. The van der Waals surface area contributed by atoms with Crippen LogP contribution >= 0.6 is 0 Å². The van der Waals surface area contributed by atoms with Crippen molar-refractivity contribution in [2.75, 3.05) is 39.3 Å². The minimum Gasteiger partial charge on any atom is -0.328 e. The molecule has 0 bridgehead atoms. The van der Waals surface area contributed by atoms with Gasteiger partial charge < -0.3 is 10.6 Å². The van der Waals surface area contributed by atoms with E-state index in [1.54, 1.807) is 0 Å². The van der Waals surface area contributed by atoms with Gasteiger partial charge in [-0.15, -0.1) is 0 Å². The summed E-state index contributed by atoms with van der Waals surface area (Å²) in [5.74, 6) is 0. The predicted molar refractivity (Wildman–Crippen MR) is 61.8 cm³/mol. The van der Waals surface area contributed by atoms with Gasteiger partial charge in [-0.1, -0.05) is 6.92 Å². The average Bonchev–Trinajstić information content (AvgIpc) is 2.25. The minimum atomic E-state index is -4.08. The molecule has 1 heterocycles. The molecule has 0 aromatic rings. The quantitative estimate of drug-likeness (QED) is 0.801. The molecule has 1 saturated heterocycles. The van der Waals surface area contributed by atoms with Gasteiger partial charge in [-0.25, -0.2) is 0 Å². The van der Waals surface area contributed by atoms with E-state index < -0.39 is 12.7 Å². The molecule has 1 rings (SSSR count). The first-order valence-electron chi connectivity index (χ1n) is 6.17. The molecule has 3 nitrogen and oxygen atoms in total. The summed E-state index contributed by atoms with van der Waals surface area (Å²) in [6.45, 7) is 4.59. The van der Waals surface area contributed by atoms with Crippen molar-refractivity contribution < 1.29 is 13.2 Å². The van der Waals surface area contributed by atoms with Crippen LogP contribution in [-0.4, -0.2) is 61.3 Å². The van der Waals surface area contributed by atoms with Crippen LogP contribution in [0.3, 0.4) is 0 Å². The molecule has 0 aliphatic carbocycles. The van der Waals surface area contributed by atoms with E-state index in [9.17, 15) is 13.2 Å². The Balaban J connectivity index is 2.17. The first-order chi connectivity index (χ1) is 7.90. The molecule has 6 heteroatoms. The number of nitrogens with zero attached hydrogens (tertiary/aromatic N) is 2. The van der Waals surface area contributed by atoms with E-state index in [4.69, 9.17) is 5.73 Å². The zero-order chi connectivity index (χ0) is 12.9. The standard InChI is InChI=1S/C11H22F3N3/c1-2-10(15)3-4-16-5-7-17(8-6-16)9-11(12,13)14/h10H,2-9,15H2,1H3. The number of rotatable bonds is 5. The number of alkyl halides is 3. The molecule has 1 aliphatic rings. The SMILES string of the molecule is CCC(N)CCN1CCN(CC(F)(F)F)CC1. The van der Waals surface area contributed by atoms with Crippen molar-refractivity contribution >= 4 is 0 Å². The zero-order valence-electron chi connectivity index (χ0n) is 10.3. The topological polar surface area (TPSA) is 32.5 Å². The molecule has 17 heavy (non-hydrogen) atoms. The van der Waals surface area contributed by atoms with Gasteiger partial charge in [-0.3, -0.25) is 4.90 Å². The zero-order valence-corrected chi connectivity index (χ0v) is 10.3. The highest BCUT2D eigenvalue weighted by Gasteiger charge is 2.31. The Labute approximate surface area is 101 Å². The van der Waals surface area contributed by atoms with Gasteiger partial charge in [0.15, 0.2) is 0 Å². The van der Waals surface area contributed by atoms with E-state index in [0.29, 0.717) is 26.2 Å². The summed E-state index contributed by atoms with van der Waals surface area (Å²) in [5.41, 5.74) is 5.81.